The standard InChI is InChI=1S/C14H22F4O4.C13H22F4O3.C13H24F2O3.2CO2/c1-6-9(22-10(19)12(3,4)7-2)14(17,18)11(20)21-8-13(5,15)16;1-7-10(3,4)9(18)19-11(5,8-2)20-13(16,17)12(6,14)15;1-7-11(3,4)10(16)18-13(6,8-2)17-9-12(5,14)15;2*2-1-3/h9H,6-8H2,1-5H3;7-8H2,1-6H3;7-9H2,1-6H3;;. The van der Waals surface area contributed by atoms with Gasteiger partial charge in [0.25, 0.3) is 11.8 Å². The van der Waals surface area contributed by atoms with Crippen LogP contribution < -0.4 is 0 Å². The summed E-state index contributed by atoms with van der Waals surface area (Å²) in [5, 5.41) is 0. The Hall–Kier alpha value is -4.14. The van der Waals surface area contributed by atoms with E-state index in [4.69, 9.17) is 38.1 Å². The number of carbonyl (C=O) groups is 4. The van der Waals surface area contributed by atoms with Crippen LogP contribution in [0.15, 0.2) is 0 Å². The number of alkyl halides is 10. The molecule has 0 heterocycles. The van der Waals surface area contributed by atoms with Crippen LogP contribution >= 0.6 is 0 Å². The number of ether oxygens (including phenoxy) is 6. The quantitative estimate of drug-likeness (QED) is 0.0430. The summed E-state index contributed by atoms with van der Waals surface area (Å²) in [6, 6.07) is 0. The Morgan fingerprint density at radius 1 is 0.470 bits per heavy atom. The molecule has 0 radical (unpaired) electrons. The second-order valence-corrected chi connectivity index (χ2v) is 17.1. The number of carbonyl (C=O) groups excluding carboxylic acids is 8. The molecule has 0 aliphatic rings. The minimum absolute atomic E-state index is 0.0425. The summed E-state index contributed by atoms with van der Waals surface area (Å²) in [7, 11) is 0. The van der Waals surface area contributed by atoms with E-state index in [1.807, 2.05) is 6.92 Å². The van der Waals surface area contributed by atoms with Gasteiger partial charge in [-0.05, 0) is 67.2 Å². The maximum Gasteiger partial charge on any atom is 0.422 e. The van der Waals surface area contributed by atoms with Crippen molar-refractivity contribution in [1.82, 2.24) is 0 Å². The third kappa shape index (κ3) is 28.8. The molecule has 24 heteroatoms. The third-order valence-electron chi connectivity index (χ3n) is 9.45. The maximum absolute atomic E-state index is 13.9. The van der Waals surface area contributed by atoms with Gasteiger partial charge >= 0.3 is 54.1 Å². The van der Waals surface area contributed by atoms with Gasteiger partial charge in [0.1, 0.15) is 6.61 Å². The minimum atomic E-state index is -4.73. The zero-order valence-electron chi connectivity index (χ0n) is 40.7. The molecule has 0 aromatic carbocycles. The van der Waals surface area contributed by atoms with E-state index in [1.54, 1.807) is 48.5 Å². The lowest BCUT2D eigenvalue weighted by Crippen LogP contribution is -2.50. The van der Waals surface area contributed by atoms with Crippen molar-refractivity contribution in [3.05, 3.63) is 0 Å². The predicted octanol–water partition coefficient (Wildman–Crippen LogP) is 10.5. The van der Waals surface area contributed by atoms with E-state index in [9.17, 15) is 63.1 Å². The SMILES string of the molecule is CCC(C)(OC(=O)C(C)(C)CC)OC(F)(F)C(C)(F)F.CCC(C)(OCC(C)(F)F)OC(=O)C(C)(C)CC.CCC(OC(=O)C(C)(C)CC)C(F)(F)C(=O)OCC(C)(F)F.O=C=O.O=C=O. The van der Waals surface area contributed by atoms with Gasteiger partial charge in [-0.2, -0.15) is 45.5 Å². The number of hydrogen-bond donors (Lipinski definition) is 0. The fourth-order valence-corrected chi connectivity index (χ4v) is 3.23. The number of halogens is 10. The molecule has 0 rings (SSSR count). The molecular weight excluding hydrogens is 918 g/mol. The fourth-order valence-electron chi connectivity index (χ4n) is 3.23. The van der Waals surface area contributed by atoms with Gasteiger partial charge in [0.2, 0.25) is 11.6 Å². The molecule has 0 N–H and O–H groups in total. The van der Waals surface area contributed by atoms with Gasteiger partial charge in [-0.1, -0.05) is 41.5 Å². The lowest BCUT2D eigenvalue weighted by Gasteiger charge is -2.36. The maximum atomic E-state index is 13.9. The van der Waals surface area contributed by atoms with Crippen LogP contribution in [0.25, 0.3) is 0 Å². The summed E-state index contributed by atoms with van der Waals surface area (Å²) in [6.45, 7) is 20.9. The Bertz CT molecular complexity index is 1530. The Labute approximate surface area is 379 Å². The largest absolute Gasteiger partial charge is 0.455 e. The molecule has 0 amide bonds. The molecule has 3 unspecified atom stereocenters. The van der Waals surface area contributed by atoms with Crippen molar-refractivity contribution in [2.45, 2.75) is 204 Å². The predicted molar refractivity (Wildman–Crippen MR) is 212 cm³/mol. The minimum Gasteiger partial charge on any atom is -0.455 e. The van der Waals surface area contributed by atoms with Crippen LogP contribution in [0.1, 0.15) is 156 Å². The third-order valence-corrected chi connectivity index (χ3v) is 9.45. The highest BCUT2D eigenvalue weighted by atomic mass is 19.3. The molecule has 14 nitrogen and oxygen atoms in total. The van der Waals surface area contributed by atoms with Gasteiger partial charge in [-0.25, -0.2) is 22.4 Å². The normalized spacial score (nSPS) is 14.5. The van der Waals surface area contributed by atoms with Crippen molar-refractivity contribution in [1.29, 1.82) is 0 Å². The van der Waals surface area contributed by atoms with Crippen LogP contribution in [-0.4, -0.2) is 96.9 Å². The van der Waals surface area contributed by atoms with E-state index in [-0.39, 0.29) is 32.1 Å². The molecule has 0 saturated heterocycles. The lowest BCUT2D eigenvalue weighted by atomic mass is 9.90. The first-order valence-corrected chi connectivity index (χ1v) is 20.3. The fraction of sp³-hybridized carbons (Fsp3) is 0.857. The molecule has 0 aliphatic carbocycles. The van der Waals surface area contributed by atoms with E-state index in [0.717, 1.165) is 13.8 Å². The first-order valence-electron chi connectivity index (χ1n) is 20.3. The van der Waals surface area contributed by atoms with Crippen molar-refractivity contribution in [2.75, 3.05) is 13.2 Å². The van der Waals surface area contributed by atoms with Crippen LogP contribution in [0, 0.1) is 16.2 Å². The summed E-state index contributed by atoms with van der Waals surface area (Å²) in [5.74, 6) is -22.6. The Morgan fingerprint density at radius 2 is 0.788 bits per heavy atom. The molecule has 0 aromatic heterocycles. The highest BCUT2D eigenvalue weighted by molar-refractivity contribution is 5.80. The van der Waals surface area contributed by atoms with Gasteiger partial charge in [-0.15, -0.1) is 0 Å². The highest BCUT2D eigenvalue weighted by Gasteiger charge is 2.58. The van der Waals surface area contributed by atoms with Crippen molar-refractivity contribution in [3.63, 3.8) is 0 Å². The van der Waals surface area contributed by atoms with Gasteiger partial charge in [0, 0.05) is 47.5 Å². The zero-order chi connectivity index (χ0) is 54.2. The van der Waals surface area contributed by atoms with E-state index >= 15 is 0 Å². The molecule has 0 saturated carbocycles. The number of esters is 4. The van der Waals surface area contributed by atoms with Crippen LogP contribution in [0.5, 0.6) is 0 Å². The first-order chi connectivity index (χ1) is 29.3. The van der Waals surface area contributed by atoms with Crippen molar-refractivity contribution in [3.8, 4) is 0 Å². The van der Waals surface area contributed by atoms with Crippen molar-refractivity contribution in [2.24, 2.45) is 16.2 Å². The molecule has 0 aromatic rings. The van der Waals surface area contributed by atoms with Gasteiger partial charge < -0.3 is 23.7 Å². The molecule has 0 fully saturated rings. The molecular formula is C42H68F10O14. The smallest absolute Gasteiger partial charge is 0.422 e. The van der Waals surface area contributed by atoms with Crippen LogP contribution in [0.4, 0.5) is 43.9 Å². The first kappa shape index (κ1) is 70.9. The number of rotatable bonds is 22. The second kappa shape index (κ2) is 28.9. The molecule has 0 spiro atoms. The van der Waals surface area contributed by atoms with Crippen molar-refractivity contribution < 1.29 is 111 Å². The zero-order valence-corrected chi connectivity index (χ0v) is 40.7. The van der Waals surface area contributed by atoms with Crippen LogP contribution in [-0.2, 0) is 66.8 Å². The molecule has 66 heavy (non-hydrogen) atoms. The average molecular weight is 987 g/mol. The highest BCUT2D eigenvalue weighted by Crippen LogP contribution is 2.40. The topological polar surface area (TPSA) is 192 Å². The van der Waals surface area contributed by atoms with Crippen LogP contribution in [0.2, 0.25) is 0 Å². The van der Waals surface area contributed by atoms with Crippen molar-refractivity contribution >= 4 is 36.2 Å². The molecule has 3 atom stereocenters. The van der Waals surface area contributed by atoms with E-state index in [2.05, 4.69) is 9.47 Å². The van der Waals surface area contributed by atoms with E-state index < -0.39 is 101 Å². The molecule has 390 valence electrons. The van der Waals surface area contributed by atoms with Gasteiger partial charge in [0.15, 0.2) is 12.7 Å². The summed E-state index contributed by atoms with van der Waals surface area (Å²) in [6.07, 6.45) is -5.17. The summed E-state index contributed by atoms with van der Waals surface area (Å²) in [4.78, 5) is 79.4. The van der Waals surface area contributed by atoms with Crippen LogP contribution in [0.3, 0.4) is 0 Å². The molecule has 0 aliphatic heterocycles. The Morgan fingerprint density at radius 3 is 1.06 bits per heavy atom. The molecule has 0 bridgehead atoms. The van der Waals surface area contributed by atoms with Gasteiger partial charge in [-0.3, -0.25) is 19.1 Å². The van der Waals surface area contributed by atoms with E-state index in [1.165, 1.54) is 34.6 Å². The van der Waals surface area contributed by atoms with Gasteiger partial charge in [0.05, 0.1) is 16.2 Å². The summed E-state index contributed by atoms with van der Waals surface area (Å²) >= 11 is 0. The monoisotopic (exact) mass is 986 g/mol. The number of hydrogen-bond acceptors (Lipinski definition) is 14. The van der Waals surface area contributed by atoms with E-state index in [0.29, 0.717) is 32.6 Å². The lowest BCUT2D eigenvalue weighted by molar-refractivity contribution is -0.410. The second-order valence-electron chi connectivity index (χ2n) is 17.1. The average Bonchev–Trinajstić information content (AvgIpc) is 3.17. The summed E-state index contributed by atoms with van der Waals surface area (Å²) < 4.78 is 159. The summed E-state index contributed by atoms with van der Waals surface area (Å²) in [5.41, 5.74) is -2.55. The Balaban J connectivity index is -0.000000266. The Kier molecular flexibility index (Phi) is 31.0.